The average Bonchev–Trinajstić information content (AvgIpc) is 2.26. The largest absolute Gasteiger partial charge is 0.478 e. The third kappa shape index (κ3) is 3.09. The normalized spacial score (nSPS) is 18.8. The fourth-order valence-electron chi connectivity index (χ4n) is 2.11. The van der Waals surface area contributed by atoms with Crippen LogP contribution in [-0.2, 0) is 9.84 Å². The van der Waals surface area contributed by atoms with Crippen LogP contribution in [0.4, 0.5) is 8.78 Å². The molecule has 0 atom stereocenters. The van der Waals surface area contributed by atoms with E-state index in [4.69, 9.17) is 5.11 Å². The van der Waals surface area contributed by atoms with Gasteiger partial charge in [0.2, 0.25) is 5.92 Å². The Bertz CT molecular complexity index is 585. The molecule has 0 aliphatic heterocycles. The van der Waals surface area contributed by atoms with Gasteiger partial charge in [0, 0.05) is 12.8 Å². The monoisotopic (exact) mass is 290 g/mol. The van der Waals surface area contributed by atoms with Crippen molar-refractivity contribution in [3.05, 3.63) is 29.8 Å². The van der Waals surface area contributed by atoms with E-state index in [1.54, 1.807) is 0 Å². The van der Waals surface area contributed by atoms with Crippen molar-refractivity contribution < 1.29 is 27.1 Å². The fraction of sp³-hybridized carbons (Fsp3) is 0.417. The lowest BCUT2D eigenvalue weighted by Crippen LogP contribution is -2.39. The Morgan fingerprint density at radius 2 is 1.79 bits per heavy atom. The molecule has 0 amide bonds. The number of hydrogen-bond donors (Lipinski definition) is 1. The fourth-order valence-corrected chi connectivity index (χ4v) is 3.71. The van der Waals surface area contributed by atoms with E-state index < -0.39 is 40.5 Å². The number of benzene rings is 1. The summed E-state index contributed by atoms with van der Waals surface area (Å²) in [6, 6.07) is 4.75. The molecule has 1 fully saturated rings. The number of hydrogen-bond acceptors (Lipinski definition) is 3. The Balaban J connectivity index is 2.10. The van der Waals surface area contributed by atoms with E-state index in [0.717, 1.165) is 0 Å². The third-order valence-electron chi connectivity index (χ3n) is 3.09. The molecule has 1 aliphatic carbocycles. The van der Waals surface area contributed by atoms with Crippen LogP contribution in [0.15, 0.2) is 29.2 Å². The molecule has 1 aromatic rings. The molecule has 0 bridgehead atoms. The number of carboxylic acid groups (broad SMARTS) is 1. The van der Waals surface area contributed by atoms with Gasteiger partial charge in [-0.3, -0.25) is 0 Å². The number of alkyl halides is 2. The number of carboxylic acids is 1. The zero-order valence-electron chi connectivity index (χ0n) is 9.84. The van der Waals surface area contributed by atoms with Crippen LogP contribution < -0.4 is 0 Å². The number of carbonyl (C=O) groups is 1. The van der Waals surface area contributed by atoms with Gasteiger partial charge in [0.15, 0.2) is 9.84 Å². The predicted octanol–water partition coefficient (Wildman–Crippen LogP) is 2.20. The molecular formula is C12H12F2O4S. The van der Waals surface area contributed by atoms with Crippen LogP contribution in [0.2, 0.25) is 0 Å². The second kappa shape index (κ2) is 4.56. The zero-order chi connectivity index (χ0) is 14.3. The molecule has 1 saturated carbocycles. The first-order valence-electron chi connectivity index (χ1n) is 5.64. The highest BCUT2D eigenvalue weighted by Crippen LogP contribution is 2.43. The molecule has 4 nitrogen and oxygen atoms in total. The minimum Gasteiger partial charge on any atom is -0.478 e. The first-order valence-corrected chi connectivity index (χ1v) is 7.29. The highest BCUT2D eigenvalue weighted by atomic mass is 32.2. The predicted molar refractivity (Wildman–Crippen MR) is 63.1 cm³/mol. The average molecular weight is 290 g/mol. The Morgan fingerprint density at radius 3 is 2.21 bits per heavy atom. The maximum atomic E-state index is 12.6. The van der Waals surface area contributed by atoms with Crippen LogP contribution in [0.3, 0.4) is 0 Å². The molecular weight excluding hydrogens is 278 g/mol. The second-order valence-corrected chi connectivity index (χ2v) is 6.78. The van der Waals surface area contributed by atoms with E-state index in [0.29, 0.717) is 0 Å². The summed E-state index contributed by atoms with van der Waals surface area (Å²) in [5, 5.41) is 8.70. The van der Waals surface area contributed by atoms with Crippen LogP contribution in [0.5, 0.6) is 0 Å². The minimum atomic E-state index is -3.64. The summed E-state index contributed by atoms with van der Waals surface area (Å²) in [7, 11) is -3.64. The quantitative estimate of drug-likeness (QED) is 0.922. The molecule has 7 heteroatoms. The second-order valence-electron chi connectivity index (χ2n) is 4.74. The standard InChI is InChI=1S/C12H12F2O4S/c13-12(14)5-8(6-12)7-19(17,18)10-3-1-9(2-4-10)11(15)16/h1-4,8H,5-7H2,(H,15,16). The molecule has 104 valence electrons. The summed E-state index contributed by atoms with van der Waals surface area (Å²) in [5.41, 5.74) is -0.0193. The van der Waals surface area contributed by atoms with Crippen molar-refractivity contribution in [1.29, 1.82) is 0 Å². The SMILES string of the molecule is O=C(O)c1ccc(S(=O)(=O)CC2CC(F)(F)C2)cc1. The molecule has 2 rings (SSSR count). The molecule has 0 aromatic heterocycles. The first-order chi connectivity index (χ1) is 8.70. The Hall–Kier alpha value is -1.50. The molecule has 0 unspecified atom stereocenters. The van der Waals surface area contributed by atoms with Gasteiger partial charge in [0.05, 0.1) is 16.2 Å². The van der Waals surface area contributed by atoms with E-state index in [-0.39, 0.29) is 16.2 Å². The van der Waals surface area contributed by atoms with E-state index in [1.165, 1.54) is 24.3 Å². The highest BCUT2D eigenvalue weighted by Gasteiger charge is 2.46. The molecule has 1 aliphatic rings. The summed E-state index contributed by atoms with van der Waals surface area (Å²) in [4.78, 5) is 10.6. The molecule has 1 N–H and O–H groups in total. The maximum absolute atomic E-state index is 12.6. The molecule has 19 heavy (non-hydrogen) atoms. The summed E-state index contributed by atoms with van der Waals surface area (Å²) in [6.45, 7) is 0. The molecule has 0 saturated heterocycles. The smallest absolute Gasteiger partial charge is 0.335 e. The lowest BCUT2D eigenvalue weighted by atomic mass is 9.83. The topological polar surface area (TPSA) is 71.4 Å². The summed E-state index contributed by atoms with van der Waals surface area (Å²) in [6.07, 6.45) is -0.807. The minimum absolute atomic E-state index is 0.0193. The van der Waals surface area contributed by atoms with E-state index in [9.17, 15) is 22.0 Å². The van der Waals surface area contributed by atoms with Crippen molar-refractivity contribution in [2.75, 3.05) is 5.75 Å². The van der Waals surface area contributed by atoms with Crippen LogP contribution >= 0.6 is 0 Å². The van der Waals surface area contributed by atoms with E-state index in [2.05, 4.69) is 0 Å². The Morgan fingerprint density at radius 1 is 1.26 bits per heavy atom. The lowest BCUT2D eigenvalue weighted by molar-refractivity contribution is -0.103. The van der Waals surface area contributed by atoms with Crippen molar-refractivity contribution in [2.45, 2.75) is 23.7 Å². The van der Waals surface area contributed by atoms with Gasteiger partial charge >= 0.3 is 5.97 Å². The molecule has 0 spiro atoms. The summed E-state index contributed by atoms with van der Waals surface area (Å²) < 4.78 is 49.2. The van der Waals surface area contributed by atoms with Gasteiger partial charge in [-0.1, -0.05) is 0 Å². The van der Waals surface area contributed by atoms with Gasteiger partial charge in [-0.05, 0) is 30.2 Å². The van der Waals surface area contributed by atoms with Crippen molar-refractivity contribution in [3.63, 3.8) is 0 Å². The van der Waals surface area contributed by atoms with Gasteiger partial charge in [0.1, 0.15) is 0 Å². The number of rotatable bonds is 4. The van der Waals surface area contributed by atoms with E-state index in [1.807, 2.05) is 0 Å². The van der Waals surface area contributed by atoms with Crippen LogP contribution in [0, 0.1) is 5.92 Å². The Kier molecular flexibility index (Phi) is 3.34. The number of aromatic carboxylic acids is 1. The van der Waals surface area contributed by atoms with Crippen LogP contribution in [0.25, 0.3) is 0 Å². The van der Waals surface area contributed by atoms with Crippen molar-refractivity contribution >= 4 is 15.8 Å². The Labute approximate surface area is 109 Å². The van der Waals surface area contributed by atoms with Gasteiger partial charge in [-0.25, -0.2) is 22.0 Å². The molecule has 1 aromatic carbocycles. The molecule has 0 radical (unpaired) electrons. The number of halogens is 2. The van der Waals surface area contributed by atoms with Gasteiger partial charge in [-0.15, -0.1) is 0 Å². The third-order valence-corrected chi connectivity index (χ3v) is 4.99. The lowest BCUT2D eigenvalue weighted by Gasteiger charge is -2.34. The first kappa shape index (κ1) is 13.9. The van der Waals surface area contributed by atoms with E-state index >= 15 is 0 Å². The van der Waals surface area contributed by atoms with Crippen LogP contribution in [-0.4, -0.2) is 31.2 Å². The zero-order valence-corrected chi connectivity index (χ0v) is 10.7. The summed E-state index contributed by atoms with van der Waals surface area (Å²) in [5.74, 6) is -4.75. The summed E-state index contributed by atoms with van der Waals surface area (Å²) >= 11 is 0. The van der Waals surface area contributed by atoms with Crippen molar-refractivity contribution in [2.24, 2.45) is 5.92 Å². The van der Waals surface area contributed by atoms with Gasteiger partial charge < -0.3 is 5.11 Å². The maximum Gasteiger partial charge on any atom is 0.335 e. The van der Waals surface area contributed by atoms with Crippen molar-refractivity contribution in [1.82, 2.24) is 0 Å². The molecule has 0 heterocycles. The number of sulfone groups is 1. The van der Waals surface area contributed by atoms with Gasteiger partial charge in [0.25, 0.3) is 0 Å². The van der Waals surface area contributed by atoms with Crippen LogP contribution in [0.1, 0.15) is 23.2 Å². The van der Waals surface area contributed by atoms with Gasteiger partial charge in [-0.2, -0.15) is 0 Å². The highest BCUT2D eigenvalue weighted by molar-refractivity contribution is 7.91. The van der Waals surface area contributed by atoms with Crippen molar-refractivity contribution in [3.8, 4) is 0 Å².